The van der Waals surface area contributed by atoms with Crippen LogP contribution in [0.1, 0.15) is 26.8 Å². The maximum Gasteiger partial charge on any atom is 0.323 e. The summed E-state index contributed by atoms with van der Waals surface area (Å²) in [4.78, 5) is 24.2. The molecule has 17 heavy (non-hydrogen) atoms. The predicted molar refractivity (Wildman–Crippen MR) is 61.4 cm³/mol. The summed E-state index contributed by atoms with van der Waals surface area (Å²) in [7, 11) is 0. The van der Waals surface area contributed by atoms with E-state index in [9.17, 15) is 9.59 Å². The summed E-state index contributed by atoms with van der Waals surface area (Å²) in [5, 5.41) is 12.8. The van der Waals surface area contributed by atoms with Crippen LogP contribution in [-0.2, 0) is 9.59 Å². The first kappa shape index (κ1) is 13.2. The Bertz CT molecular complexity index is 387. The third-order valence-corrected chi connectivity index (χ3v) is 2.49. The SMILES string of the molecule is CC(C)N(CC(=O)O)C(=O)C(C)n1cccn1. The van der Waals surface area contributed by atoms with Gasteiger partial charge in [0.2, 0.25) is 5.91 Å². The lowest BCUT2D eigenvalue weighted by molar-refractivity contribution is -0.147. The number of hydrogen-bond donors (Lipinski definition) is 1. The van der Waals surface area contributed by atoms with Crippen LogP contribution < -0.4 is 0 Å². The van der Waals surface area contributed by atoms with Gasteiger partial charge in [0, 0.05) is 18.4 Å². The molecule has 0 aliphatic carbocycles. The van der Waals surface area contributed by atoms with Crippen LogP contribution in [0, 0.1) is 0 Å². The number of carbonyl (C=O) groups is 2. The van der Waals surface area contributed by atoms with Crippen LogP contribution in [-0.4, -0.2) is 44.3 Å². The minimum atomic E-state index is -1.01. The maximum atomic E-state index is 12.1. The van der Waals surface area contributed by atoms with Crippen LogP contribution in [0.15, 0.2) is 18.5 Å². The van der Waals surface area contributed by atoms with Gasteiger partial charge in [-0.1, -0.05) is 0 Å². The second-order valence-electron chi connectivity index (χ2n) is 4.12. The minimum Gasteiger partial charge on any atom is -0.480 e. The average Bonchev–Trinajstić information content (AvgIpc) is 2.76. The molecule has 1 amide bonds. The quantitative estimate of drug-likeness (QED) is 0.823. The van der Waals surface area contributed by atoms with Crippen molar-refractivity contribution >= 4 is 11.9 Å². The summed E-state index contributed by atoms with van der Waals surface area (Å²) in [6.07, 6.45) is 3.27. The molecule has 1 N–H and O–H groups in total. The topological polar surface area (TPSA) is 75.4 Å². The first-order valence-corrected chi connectivity index (χ1v) is 5.45. The molecule has 0 aromatic carbocycles. The van der Waals surface area contributed by atoms with Crippen LogP contribution >= 0.6 is 0 Å². The Morgan fingerprint density at radius 1 is 1.41 bits per heavy atom. The van der Waals surface area contributed by atoms with Crippen molar-refractivity contribution in [2.75, 3.05) is 6.54 Å². The lowest BCUT2D eigenvalue weighted by Crippen LogP contribution is -2.43. The molecule has 0 spiro atoms. The third-order valence-electron chi connectivity index (χ3n) is 2.49. The highest BCUT2D eigenvalue weighted by Gasteiger charge is 2.25. The first-order valence-electron chi connectivity index (χ1n) is 5.45. The fourth-order valence-electron chi connectivity index (χ4n) is 1.52. The number of carboxylic acids is 1. The van der Waals surface area contributed by atoms with Crippen molar-refractivity contribution in [2.24, 2.45) is 0 Å². The standard InChI is InChI=1S/C11H17N3O3/c1-8(2)13(7-10(15)16)11(17)9(3)14-6-4-5-12-14/h4-6,8-9H,7H2,1-3H3,(H,15,16). The number of carbonyl (C=O) groups excluding carboxylic acids is 1. The second-order valence-corrected chi connectivity index (χ2v) is 4.12. The number of aromatic nitrogens is 2. The Balaban J connectivity index is 2.81. The fraction of sp³-hybridized carbons (Fsp3) is 0.545. The van der Waals surface area contributed by atoms with Crippen LogP contribution in [0.5, 0.6) is 0 Å². The van der Waals surface area contributed by atoms with Crippen LogP contribution in [0.4, 0.5) is 0 Å². The number of amides is 1. The molecule has 94 valence electrons. The molecule has 6 heteroatoms. The van der Waals surface area contributed by atoms with E-state index in [1.165, 1.54) is 9.58 Å². The largest absolute Gasteiger partial charge is 0.480 e. The van der Waals surface area contributed by atoms with Gasteiger partial charge in [0.15, 0.2) is 0 Å². The van der Waals surface area contributed by atoms with Gasteiger partial charge in [0.05, 0.1) is 0 Å². The zero-order chi connectivity index (χ0) is 13.0. The molecular weight excluding hydrogens is 222 g/mol. The van der Waals surface area contributed by atoms with Crippen molar-refractivity contribution in [1.29, 1.82) is 0 Å². The van der Waals surface area contributed by atoms with Crippen molar-refractivity contribution in [3.63, 3.8) is 0 Å². The van der Waals surface area contributed by atoms with Gasteiger partial charge in [-0.2, -0.15) is 5.10 Å². The van der Waals surface area contributed by atoms with Gasteiger partial charge >= 0.3 is 5.97 Å². The molecule has 0 aliphatic rings. The summed E-state index contributed by atoms with van der Waals surface area (Å²) < 4.78 is 1.51. The van der Waals surface area contributed by atoms with E-state index in [0.29, 0.717) is 0 Å². The number of aliphatic carboxylic acids is 1. The van der Waals surface area contributed by atoms with E-state index >= 15 is 0 Å². The van der Waals surface area contributed by atoms with Crippen LogP contribution in [0.25, 0.3) is 0 Å². The van der Waals surface area contributed by atoms with Gasteiger partial charge in [-0.25, -0.2) is 0 Å². The molecule has 6 nitrogen and oxygen atoms in total. The van der Waals surface area contributed by atoms with E-state index in [2.05, 4.69) is 5.10 Å². The van der Waals surface area contributed by atoms with Crippen molar-refractivity contribution in [3.8, 4) is 0 Å². The maximum absolute atomic E-state index is 12.1. The average molecular weight is 239 g/mol. The van der Waals surface area contributed by atoms with Crippen molar-refractivity contribution in [2.45, 2.75) is 32.9 Å². The van der Waals surface area contributed by atoms with Crippen LogP contribution in [0.3, 0.4) is 0 Å². The van der Waals surface area contributed by atoms with E-state index in [0.717, 1.165) is 0 Å². The smallest absolute Gasteiger partial charge is 0.323 e. The lowest BCUT2D eigenvalue weighted by atomic mass is 10.2. The van der Waals surface area contributed by atoms with Crippen molar-refractivity contribution in [1.82, 2.24) is 14.7 Å². The highest BCUT2D eigenvalue weighted by atomic mass is 16.4. The predicted octanol–water partition coefficient (Wildman–Crippen LogP) is 0.766. The van der Waals surface area contributed by atoms with Gasteiger partial charge in [-0.3, -0.25) is 14.3 Å². The Kier molecular flexibility index (Phi) is 4.25. The molecule has 0 bridgehead atoms. The number of rotatable bonds is 5. The molecule has 0 aliphatic heterocycles. The van der Waals surface area contributed by atoms with Gasteiger partial charge in [-0.05, 0) is 26.8 Å². The Hall–Kier alpha value is -1.85. The summed E-state index contributed by atoms with van der Waals surface area (Å²) in [6.45, 7) is 4.99. The van der Waals surface area contributed by atoms with E-state index in [1.54, 1.807) is 39.2 Å². The van der Waals surface area contributed by atoms with Gasteiger partial charge in [0.1, 0.15) is 12.6 Å². The summed E-state index contributed by atoms with van der Waals surface area (Å²) >= 11 is 0. The van der Waals surface area contributed by atoms with Gasteiger partial charge in [0.25, 0.3) is 0 Å². The lowest BCUT2D eigenvalue weighted by Gasteiger charge is -2.27. The molecular formula is C11H17N3O3. The van der Waals surface area contributed by atoms with E-state index < -0.39 is 12.0 Å². The molecule has 0 fully saturated rings. The second kappa shape index (κ2) is 5.47. The van der Waals surface area contributed by atoms with Crippen molar-refractivity contribution < 1.29 is 14.7 Å². The highest BCUT2D eigenvalue weighted by Crippen LogP contribution is 2.11. The zero-order valence-electron chi connectivity index (χ0n) is 10.2. The summed E-state index contributed by atoms with van der Waals surface area (Å²) in [5.74, 6) is -1.26. The summed E-state index contributed by atoms with van der Waals surface area (Å²) in [6, 6.07) is 1.07. The highest BCUT2D eigenvalue weighted by molar-refractivity contribution is 5.84. The number of hydrogen-bond acceptors (Lipinski definition) is 3. The summed E-state index contributed by atoms with van der Waals surface area (Å²) in [5.41, 5.74) is 0. The molecule has 1 atom stereocenters. The molecule has 1 rings (SSSR count). The van der Waals surface area contributed by atoms with Gasteiger partial charge in [-0.15, -0.1) is 0 Å². The number of carboxylic acid groups (broad SMARTS) is 1. The first-order chi connectivity index (χ1) is 7.93. The Morgan fingerprint density at radius 2 is 2.06 bits per heavy atom. The Morgan fingerprint density at radius 3 is 2.47 bits per heavy atom. The molecule has 0 radical (unpaired) electrons. The molecule has 1 unspecified atom stereocenters. The monoisotopic (exact) mass is 239 g/mol. The van der Waals surface area contributed by atoms with E-state index in [1.807, 2.05) is 0 Å². The minimum absolute atomic E-state index is 0.156. The molecule has 1 aromatic heterocycles. The molecule has 0 saturated heterocycles. The number of nitrogens with zero attached hydrogens (tertiary/aromatic N) is 3. The van der Waals surface area contributed by atoms with Crippen LogP contribution in [0.2, 0.25) is 0 Å². The normalized spacial score (nSPS) is 12.5. The van der Waals surface area contributed by atoms with Gasteiger partial charge < -0.3 is 10.0 Å². The zero-order valence-corrected chi connectivity index (χ0v) is 10.2. The molecule has 1 aromatic rings. The van der Waals surface area contributed by atoms with E-state index in [-0.39, 0.29) is 18.5 Å². The Labute approximate surface area is 99.8 Å². The van der Waals surface area contributed by atoms with E-state index in [4.69, 9.17) is 5.11 Å². The fourth-order valence-corrected chi connectivity index (χ4v) is 1.52. The molecule has 0 saturated carbocycles. The molecule has 1 heterocycles. The van der Waals surface area contributed by atoms with Crippen molar-refractivity contribution in [3.05, 3.63) is 18.5 Å². The third kappa shape index (κ3) is 3.30.